The first-order chi connectivity index (χ1) is 11.3. The summed E-state index contributed by atoms with van der Waals surface area (Å²) < 4.78 is 0. The van der Waals surface area contributed by atoms with Crippen LogP contribution < -0.4 is 4.90 Å². The van der Waals surface area contributed by atoms with Crippen molar-refractivity contribution in [1.82, 2.24) is 0 Å². The van der Waals surface area contributed by atoms with Crippen molar-refractivity contribution in [2.24, 2.45) is 0 Å². The first-order valence-electron chi connectivity index (χ1n) is 7.77. The van der Waals surface area contributed by atoms with E-state index in [1.54, 1.807) is 0 Å². The highest BCUT2D eigenvalue weighted by molar-refractivity contribution is 7.99. The molecule has 0 bridgehead atoms. The van der Waals surface area contributed by atoms with E-state index in [9.17, 15) is 0 Å². The number of benzene rings is 4. The van der Waals surface area contributed by atoms with Crippen LogP contribution in [0.15, 0.2) is 82.6 Å². The lowest BCUT2D eigenvalue weighted by Gasteiger charge is -2.30. The van der Waals surface area contributed by atoms with Crippen LogP contribution in [0.2, 0.25) is 0 Å². The highest BCUT2D eigenvalue weighted by Crippen LogP contribution is 2.49. The van der Waals surface area contributed by atoms with E-state index in [-0.39, 0.29) is 0 Å². The van der Waals surface area contributed by atoms with Crippen molar-refractivity contribution in [3.05, 3.63) is 72.8 Å². The Bertz CT molecular complexity index is 983. The molecular weight excluding hydrogens is 298 g/mol. The van der Waals surface area contributed by atoms with E-state index in [0.29, 0.717) is 0 Å². The maximum Gasteiger partial charge on any atom is 0.0556 e. The fraction of sp³-hybridized carbons (Fsp3) is 0.0476. The summed E-state index contributed by atoms with van der Waals surface area (Å²) >= 11 is 1.87. The van der Waals surface area contributed by atoms with Crippen molar-refractivity contribution in [2.75, 3.05) is 11.9 Å². The Balaban J connectivity index is 1.76. The summed E-state index contributed by atoms with van der Waals surface area (Å²) in [4.78, 5) is 4.98. The first-order valence-corrected chi connectivity index (χ1v) is 8.58. The maximum absolute atomic E-state index is 2.32. The molecule has 0 unspecified atom stereocenters. The normalized spacial score (nSPS) is 13.2. The summed E-state index contributed by atoms with van der Waals surface area (Å²) in [6.07, 6.45) is 0. The van der Waals surface area contributed by atoms with Crippen molar-refractivity contribution in [2.45, 2.75) is 9.79 Å². The Labute approximate surface area is 139 Å². The van der Waals surface area contributed by atoms with Gasteiger partial charge in [0.15, 0.2) is 0 Å². The zero-order valence-electron chi connectivity index (χ0n) is 12.8. The highest BCUT2D eigenvalue weighted by atomic mass is 32.2. The van der Waals surface area contributed by atoms with Gasteiger partial charge in [0.2, 0.25) is 0 Å². The van der Waals surface area contributed by atoms with Crippen molar-refractivity contribution in [3.8, 4) is 0 Å². The van der Waals surface area contributed by atoms with Gasteiger partial charge in [0.25, 0.3) is 0 Å². The minimum atomic E-state index is 1.29. The smallest absolute Gasteiger partial charge is 0.0556 e. The Hall–Kier alpha value is -2.45. The molecule has 0 radical (unpaired) electrons. The van der Waals surface area contributed by atoms with Crippen molar-refractivity contribution < 1.29 is 0 Å². The quantitative estimate of drug-likeness (QED) is 0.379. The van der Waals surface area contributed by atoms with Gasteiger partial charge in [-0.2, -0.15) is 0 Å². The predicted octanol–water partition coefficient (Wildman–Crippen LogP) is 6.23. The average Bonchev–Trinajstić information content (AvgIpc) is 2.59. The van der Waals surface area contributed by atoms with E-state index in [2.05, 4.69) is 84.7 Å². The molecule has 1 nitrogen and oxygen atoms in total. The monoisotopic (exact) mass is 313 g/mol. The van der Waals surface area contributed by atoms with Gasteiger partial charge in [-0.25, -0.2) is 0 Å². The Morgan fingerprint density at radius 1 is 0.609 bits per heavy atom. The zero-order valence-corrected chi connectivity index (χ0v) is 13.6. The van der Waals surface area contributed by atoms with Crippen LogP contribution in [0.4, 0.5) is 11.4 Å². The fourth-order valence-corrected chi connectivity index (χ4v) is 4.56. The van der Waals surface area contributed by atoms with Gasteiger partial charge in [0.1, 0.15) is 0 Å². The number of nitrogens with zero attached hydrogens (tertiary/aromatic N) is 1. The van der Waals surface area contributed by atoms with Gasteiger partial charge in [-0.3, -0.25) is 0 Å². The molecule has 1 aliphatic rings. The molecule has 0 aliphatic carbocycles. The van der Waals surface area contributed by atoms with E-state index in [1.807, 2.05) is 11.8 Å². The second-order valence-electron chi connectivity index (χ2n) is 6.00. The predicted molar refractivity (Wildman–Crippen MR) is 100 cm³/mol. The second-order valence-corrected chi connectivity index (χ2v) is 7.08. The number of fused-ring (bicyclic) bond motifs is 4. The van der Waals surface area contributed by atoms with Gasteiger partial charge in [0.05, 0.1) is 11.4 Å². The minimum Gasteiger partial charge on any atom is -0.343 e. The van der Waals surface area contributed by atoms with Crippen LogP contribution in [-0.4, -0.2) is 7.05 Å². The molecule has 1 aliphatic heterocycles. The van der Waals surface area contributed by atoms with Crippen LogP contribution in [0.1, 0.15) is 0 Å². The minimum absolute atomic E-state index is 1.29. The maximum atomic E-state index is 2.32. The van der Waals surface area contributed by atoms with Gasteiger partial charge in [-0.05, 0) is 45.8 Å². The number of hydrogen-bond donors (Lipinski definition) is 0. The van der Waals surface area contributed by atoms with Crippen LogP contribution >= 0.6 is 11.8 Å². The molecule has 5 rings (SSSR count). The molecule has 1 heterocycles. The third-order valence-corrected chi connectivity index (χ3v) is 5.69. The van der Waals surface area contributed by atoms with E-state index < -0.39 is 0 Å². The summed E-state index contributed by atoms with van der Waals surface area (Å²) in [7, 11) is 2.17. The average molecular weight is 313 g/mol. The second kappa shape index (κ2) is 4.77. The molecule has 0 atom stereocenters. The highest BCUT2D eigenvalue weighted by Gasteiger charge is 2.21. The van der Waals surface area contributed by atoms with Crippen LogP contribution in [0, 0.1) is 0 Å². The van der Waals surface area contributed by atoms with E-state index in [1.165, 1.54) is 42.7 Å². The summed E-state index contributed by atoms with van der Waals surface area (Å²) in [5.74, 6) is 0. The fourth-order valence-electron chi connectivity index (χ4n) is 3.35. The lowest BCUT2D eigenvalue weighted by Crippen LogP contribution is -2.14. The van der Waals surface area contributed by atoms with Gasteiger partial charge >= 0.3 is 0 Å². The van der Waals surface area contributed by atoms with Crippen LogP contribution in [0.25, 0.3) is 21.5 Å². The molecule has 23 heavy (non-hydrogen) atoms. The molecular formula is C21H15NS. The summed E-state index contributed by atoms with van der Waals surface area (Å²) in [6.45, 7) is 0. The van der Waals surface area contributed by atoms with Gasteiger partial charge in [0, 0.05) is 16.8 Å². The summed E-state index contributed by atoms with van der Waals surface area (Å²) in [6, 6.07) is 26.4. The molecule has 4 aromatic carbocycles. The van der Waals surface area contributed by atoms with Gasteiger partial charge in [-0.15, -0.1) is 0 Å². The van der Waals surface area contributed by atoms with Crippen LogP contribution in [0.3, 0.4) is 0 Å². The Morgan fingerprint density at radius 2 is 1.00 bits per heavy atom. The largest absolute Gasteiger partial charge is 0.343 e. The number of rotatable bonds is 0. The molecule has 4 aromatic rings. The zero-order chi connectivity index (χ0) is 15.4. The van der Waals surface area contributed by atoms with E-state index >= 15 is 0 Å². The van der Waals surface area contributed by atoms with Gasteiger partial charge in [-0.1, -0.05) is 60.3 Å². The molecule has 0 saturated carbocycles. The molecule has 2 heteroatoms. The van der Waals surface area contributed by atoms with Crippen molar-refractivity contribution >= 4 is 44.7 Å². The summed E-state index contributed by atoms with van der Waals surface area (Å²) in [5, 5.41) is 5.19. The van der Waals surface area contributed by atoms with Gasteiger partial charge < -0.3 is 4.90 Å². The summed E-state index contributed by atoms with van der Waals surface area (Å²) in [5.41, 5.74) is 2.58. The molecule has 0 spiro atoms. The molecule has 110 valence electrons. The van der Waals surface area contributed by atoms with Crippen molar-refractivity contribution in [1.29, 1.82) is 0 Å². The molecule has 0 amide bonds. The topological polar surface area (TPSA) is 3.24 Å². The molecule has 0 N–H and O–H groups in total. The lowest BCUT2D eigenvalue weighted by molar-refractivity contribution is 1.12. The van der Waals surface area contributed by atoms with Crippen LogP contribution in [0.5, 0.6) is 0 Å². The third kappa shape index (κ3) is 1.95. The number of hydrogen-bond acceptors (Lipinski definition) is 2. The first kappa shape index (κ1) is 13.0. The Morgan fingerprint density at radius 3 is 1.43 bits per heavy atom. The third-order valence-electron chi connectivity index (χ3n) is 4.60. The van der Waals surface area contributed by atoms with E-state index in [4.69, 9.17) is 0 Å². The SMILES string of the molecule is CN1c2cc3ccccc3cc2Sc2cc3ccccc3cc21. The van der Waals surface area contributed by atoms with Crippen LogP contribution in [-0.2, 0) is 0 Å². The Kier molecular flexibility index (Phi) is 2.70. The molecule has 0 aromatic heterocycles. The van der Waals surface area contributed by atoms with E-state index in [0.717, 1.165) is 0 Å². The molecule has 0 saturated heterocycles. The van der Waals surface area contributed by atoms with Crippen molar-refractivity contribution in [3.63, 3.8) is 0 Å². The molecule has 0 fully saturated rings. The standard InChI is InChI=1S/C21H15NS/c1-22-18-10-14-6-2-4-8-16(14)12-20(18)23-21-13-17-9-5-3-7-15(17)11-19(21)22/h2-13H,1H3. The number of anilines is 2. The lowest BCUT2D eigenvalue weighted by atomic mass is 10.1.